The zero-order valence-corrected chi connectivity index (χ0v) is 19.8. The number of amides is 1. The van der Waals surface area contributed by atoms with Crippen LogP contribution in [0.1, 0.15) is 11.1 Å². The second kappa shape index (κ2) is 10.1. The lowest BCUT2D eigenvalue weighted by Gasteiger charge is -2.07. The maximum absolute atomic E-state index is 13.3. The molecule has 0 bridgehead atoms. The third kappa shape index (κ3) is 5.37. The van der Waals surface area contributed by atoms with Gasteiger partial charge in [-0.15, -0.1) is 28.1 Å². The Bertz CT molecular complexity index is 1300. The zero-order valence-electron chi connectivity index (χ0n) is 18.2. The van der Waals surface area contributed by atoms with E-state index in [0.29, 0.717) is 22.7 Å². The summed E-state index contributed by atoms with van der Waals surface area (Å²) in [6, 6.07) is 12.2. The molecule has 1 N–H and O–H groups in total. The first-order valence-electron chi connectivity index (χ1n) is 10.2. The van der Waals surface area contributed by atoms with Gasteiger partial charge >= 0.3 is 0 Å². The van der Waals surface area contributed by atoms with Crippen molar-refractivity contribution < 1.29 is 9.18 Å². The monoisotopic (exact) mass is 479 g/mol. The number of thioether (sulfide) groups is 1. The number of thiazole rings is 1. The van der Waals surface area contributed by atoms with E-state index in [4.69, 9.17) is 0 Å². The average Bonchev–Trinajstić information content (AvgIpc) is 3.42. The van der Waals surface area contributed by atoms with Gasteiger partial charge < -0.3 is 5.32 Å². The predicted molar refractivity (Wildman–Crippen MR) is 132 cm³/mol. The zero-order chi connectivity index (χ0) is 23.4. The molecule has 0 saturated heterocycles. The first kappa shape index (κ1) is 22.9. The van der Waals surface area contributed by atoms with Crippen molar-refractivity contribution in [2.24, 2.45) is 0 Å². The summed E-state index contributed by atoms with van der Waals surface area (Å²) >= 11 is 2.66. The van der Waals surface area contributed by atoms with Crippen LogP contribution in [-0.4, -0.2) is 31.4 Å². The van der Waals surface area contributed by atoms with Gasteiger partial charge in [0.25, 0.3) is 0 Å². The lowest BCUT2D eigenvalue weighted by Crippen LogP contribution is -2.14. The van der Waals surface area contributed by atoms with Crippen molar-refractivity contribution in [2.75, 3.05) is 11.1 Å². The number of benzene rings is 2. The van der Waals surface area contributed by atoms with Crippen LogP contribution in [-0.2, 0) is 11.3 Å². The van der Waals surface area contributed by atoms with Crippen LogP contribution in [0.4, 0.5) is 9.52 Å². The van der Waals surface area contributed by atoms with Gasteiger partial charge in [-0.1, -0.05) is 30.0 Å². The molecule has 168 valence electrons. The fourth-order valence-corrected chi connectivity index (χ4v) is 4.64. The van der Waals surface area contributed by atoms with E-state index in [1.807, 2.05) is 16.0 Å². The van der Waals surface area contributed by atoms with Crippen molar-refractivity contribution in [3.63, 3.8) is 0 Å². The number of allylic oxidation sites excluding steroid dienone is 1. The third-order valence-corrected chi connectivity index (χ3v) is 6.74. The molecular formula is C24H22FN5OS2. The first-order valence-corrected chi connectivity index (χ1v) is 12.1. The Labute approximate surface area is 199 Å². The smallest absolute Gasteiger partial charge is 0.236 e. The summed E-state index contributed by atoms with van der Waals surface area (Å²) in [6.45, 7) is 8.39. The second-order valence-electron chi connectivity index (χ2n) is 7.39. The molecule has 0 spiro atoms. The van der Waals surface area contributed by atoms with E-state index in [-0.39, 0.29) is 17.5 Å². The number of hydrogen-bond donors (Lipinski definition) is 1. The van der Waals surface area contributed by atoms with E-state index in [9.17, 15) is 9.18 Å². The molecule has 1 amide bonds. The van der Waals surface area contributed by atoms with Gasteiger partial charge in [0.1, 0.15) is 5.82 Å². The van der Waals surface area contributed by atoms with Gasteiger partial charge in [0.05, 0.1) is 11.4 Å². The molecule has 4 rings (SSSR count). The molecule has 2 aromatic heterocycles. The van der Waals surface area contributed by atoms with Crippen molar-refractivity contribution in [3.8, 4) is 22.6 Å². The second-order valence-corrected chi connectivity index (χ2v) is 9.19. The summed E-state index contributed by atoms with van der Waals surface area (Å²) < 4.78 is 15.1. The third-order valence-electron chi connectivity index (χ3n) is 5.02. The molecule has 0 fully saturated rings. The maximum Gasteiger partial charge on any atom is 0.236 e. The Balaban J connectivity index is 1.42. The van der Waals surface area contributed by atoms with Gasteiger partial charge in [0.15, 0.2) is 16.1 Å². The van der Waals surface area contributed by atoms with E-state index in [0.717, 1.165) is 16.8 Å². The fourth-order valence-electron chi connectivity index (χ4n) is 3.15. The van der Waals surface area contributed by atoms with E-state index in [2.05, 4.69) is 53.1 Å². The molecule has 0 aliphatic carbocycles. The summed E-state index contributed by atoms with van der Waals surface area (Å²) in [6.07, 6.45) is 1.73. The largest absolute Gasteiger partial charge is 0.301 e. The lowest BCUT2D eigenvalue weighted by molar-refractivity contribution is -0.113. The number of hydrogen-bond acceptors (Lipinski definition) is 6. The number of nitrogens with zero attached hydrogens (tertiary/aromatic N) is 4. The van der Waals surface area contributed by atoms with Gasteiger partial charge in [-0.25, -0.2) is 9.37 Å². The van der Waals surface area contributed by atoms with Crippen molar-refractivity contribution in [1.82, 2.24) is 19.7 Å². The van der Waals surface area contributed by atoms with Gasteiger partial charge in [0, 0.05) is 23.1 Å². The topological polar surface area (TPSA) is 72.7 Å². The molecule has 33 heavy (non-hydrogen) atoms. The van der Waals surface area contributed by atoms with Crippen molar-refractivity contribution in [3.05, 3.63) is 77.4 Å². The van der Waals surface area contributed by atoms with Gasteiger partial charge in [-0.2, -0.15) is 0 Å². The maximum atomic E-state index is 13.3. The molecule has 0 radical (unpaired) electrons. The molecule has 4 aromatic rings. The molecule has 6 nitrogen and oxygen atoms in total. The van der Waals surface area contributed by atoms with Crippen molar-refractivity contribution in [1.29, 1.82) is 0 Å². The minimum atomic E-state index is -0.317. The molecule has 0 atom stereocenters. The number of nitrogens with one attached hydrogen (secondary N) is 1. The van der Waals surface area contributed by atoms with Crippen molar-refractivity contribution >= 4 is 34.1 Å². The first-order chi connectivity index (χ1) is 15.9. The number of halogens is 1. The highest BCUT2D eigenvalue weighted by molar-refractivity contribution is 7.99. The Morgan fingerprint density at radius 1 is 1.15 bits per heavy atom. The molecular weight excluding hydrogens is 457 g/mol. The number of aromatic nitrogens is 4. The fraction of sp³-hybridized carbons (Fsp3) is 0.167. The molecule has 2 aromatic carbocycles. The van der Waals surface area contributed by atoms with Gasteiger partial charge in [0.2, 0.25) is 5.91 Å². The van der Waals surface area contributed by atoms with Crippen LogP contribution in [0.5, 0.6) is 0 Å². The number of rotatable bonds is 8. The normalized spacial score (nSPS) is 10.9. The van der Waals surface area contributed by atoms with E-state index in [1.165, 1.54) is 46.4 Å². The highest BCUT2D eigenvalue weighted by Gasteiger charge is 2.16. The van der Waals surface area contributed by atoms with E-state index in [1.54, 1.807) is 18.2 Å². The quantitative estimate of drug-likeness (QED) is 0.258. The number of carbonyl (C=O) groups is 1. The van der Waals surface area contributed by atoms with E-state index < -0.39 is 0 Å². The Hall–Kier alpha value is -3.30. The highest BCUT2D eigenvalue weighted by Crippen LogP contribution is 2.28. The molecule has 2 heterocycles. The van der Waals surface area contributed by atoms with Crippen LogP contribution in [0.2, 0.25) is 0 Å². The summed E-state index contributed by atoms with van der Waals surface area (Å²) in [5.74, 6) is 0.243. The summed E-state index contributed by atoms with van der Waals surface area (Å²) in [5, 5.41) is 14.4. The number of carbonyl (C=O) groups excluding carboxylic acids is 1. The molecule has 0 saturated carbocycles. The summed E-state index contributed by atoms with van der Waals surface area (Å²) in [7, 11) is 0. The van der Waals surface area contributed by atoms with Crippen LogP contribution in [0.15, 0.2) is 65.7 Å². The molecule has 0 aliphatic heterocycles. The molecule has 0 unspecified atom stereocenters. The van der Waals surface area contributed by atoms with Crippen LogP contribution in [0.3, 0.4) is 0 Å². The van der Waals surface area contributed by atoms with Crippen LogP contribution >= 0.6 is 23.1 Å². The number of anilines is 1. The number of aryl methyl sites for hydroxylation is 2. The Morgan fingerprint density at radius 2 is 1.91 bits per heavy atom. The van der Waals surface area contributed by atoms with Crippen molar-refractivity contribution in [2.45, 2.75) is 25.5 Å². The minimum absolute atomic E-state index is 0.150. The highest BCUT2D eigenvalue weighted by atomic mass is 32.2. The summed E-state index contributed by atoms with van der Waals surface area (Å²) in [4.78, 5) is 17.1. The average molecular weight is 480 g/mol. The standard InChI is InChI=1S/C24H22FN5OS2/c1-4-11-30-22(17-7-9-19(25)10-8-17)28-29-24(30)33-14-21(31)27-23-26-20(13-32-23)18-6-5-15(2)16(3)12-18/h4-10,12-13H,1,11,14H2,2-3H3,(H,26,27,31). The Kier molecular flexibility index (Phi) is 7.00. The Morgan fingerprint density at radius 3 is 2.64 bits per heavy atom. The van der Waals surface area contributed by atoms with Crippen LogP contribution in [0, 0.1) is 19.7 Å². The lowest BCUT2D eigenvalue weighted by atomic mass is 10.1. The summed E-state index contributed by atoms with van der Waals surface area (Å²) in [5.41, 5.74) is 5.03. The molecule has 9 heteroatoms. The van der Waals surface area contributed by atoms with Gasteiger partial charge in [-0.05, 0) is 55.3 Å². The van der Waals surface area contributed by atoms with Crippen LogP contribution < -0.4 is 5.32 Å². The van der Waals surface area contributed by atoms with E-state index >= 15 is 0 Å². The SMILES string of the molecule is C=CCn1c(SCC(=O)Nc2nc(-c3ccc(C)c(C)c3)cs2)nnc1-c1ccc(F)cc1. The van der Waals surface area contributed by atoms with Crippen LogP contribution in [0.25, 0.3) is 22.6 Å². The molecule has 0 aliphatic rings. The minimum Gasteiger partial charge on any atom is -0.301 e. The predicted octanol–water partition coefficient (Wildman–Crippen LogP) is 5.74. The van der Waals surface area contributed by atoms with Gasteiger partial charge in [-0.3, -0.25) is 9.36 Å².